The first-order valence-electron chi connectivity index (χ1n) is 4.37. The summed E-state index contributed by atoms with van der Waals surface area (Å²) in [7, 11) is 0. The molecule has 0 spiro atoms. The van der Waals surface area contributed by atoms with Gasteiger partial charge in [0.15, 0.2) is 0 Å². The lowest BCUT2D eigenvalue weighted by Gasteiger charge is -2.10. The third kappa shape index (κ3) is 3.01. The highest BCUT2D eigenvalue weighted by molar-refractivity contribution is 6.37. The molecule has 1 aromatic rings. The Morgan fingerprint density at radius 2 is 2.00 bits per heavy atom. The van der Waals surface area contributed by atoms with Gasteiger partial charge in [0.05, 0.1) is 22.4 Å². The SMILES string of the molecule is CC(C)OC(=O)c1cc(Cl)cc(N)c1Cl. The second-order valence-electron chi connectivity index (χ2n) is 3.31. The molecule has 0 aromatic heterocycles. The first kappa shape index (κ1) is 12.1. The minimum atomic E-state index is -0.524. The van der Waals surface area contributed by atoms with Gasteiger partial charge in [0.2, 0.25) is 0 Å². The average molecular weight is 248 g/mol. The van der Waals surface area contributed by atoms with Crippen molar-refractivity contribution in [2.45, 2.75) is 20.0 Å². The molecule has 15 heavy (non-hydrogen) atoms. The number of anilines is 1. The maximum Gasteiger partial charge on any atom is 0.340 e. The number of ether oxygens (including phenoxy) is 1. The van der Waals surface area contributed by atoms with Crippen molar-refractivity contribution in [1.82, 2.24) is 0 Å². The van der Waals surface area contributed by atoms with Crippen LogP contribution in [0.2, 0.25) is 10.0 Å². The van der Waals surface area contributed by atoms with Crippen molar-refractivity contribution in [3.05, 3.63) is 27.7 Å². The Morgan fingerprint density at radius 3 is 2.53 bits per heavy atom. The van der Waals surface area contributed by atoms with Crippen LogP contribution in [0.25, 0.3) is 0 Å². The molecule has 1 rings (SSSR count). The van der Waals surface area contributed by atoms with Crippen molar-refractivity contribution in [2.24, 2.45) is 0 Å². The lowest BCUT2D eigenvalue weighted by molar-refractivity contribution is 0.0378. The van der Waals surface area contributed by atoms with E-state index in [2.05, 4.69) is 0 Å². The summed E-state index contributed by atoms with van der Waals surface area (Å²) in [6.07, 6.45) is -0.214. The predicted molar refractivity (Wildman–Crippen MR) is 61.4 cm³/mol. The number of benzene rings is 1. The fourth-order valence-electron chi connectivity index (χ4n) is 1.04. The van der Waals surface area contributed by atoms with Gasteiger partial charge >= 0.3 is 5.97 Å². The van der Waals surface area contributed by atoms with Crippen molar-refractivity contribution in [3.63, 3.8) is 0 Å². The zero-order valence-electron chi connectivity index (χ0n) is 8.38. The van der Waals surface area contributed by atoms with Gasteiger partial charge in [-0.25, -0.2) is 4.79 Å². The molecule has 3 nitrogen and oxygen atoms in total. The number of nitrogen functional groups attached to an aromatic ring is 1. The van der Waals surface area contributed by atoms with E-state index >= 15 is 0 Å². The molecule has 0 aliphatic carbocycles. The maximum atomic E-state index is 11.6. The highest BCUT2D eigenvalue weighted by Gasteiger charge is 2.16. The minimum Gasteiger partial charge on any atom is -0.459 e. The van der Waals surface area contributed by atoms with Gasteiger partial charge in [-0.1, -0.05) is 23.2 Å². The Hall–Kier alpha value is -0.930. The van der Waals surface area contributed by atoms with Crippen molar-refractivity contribution in [1.29, 1.82) is 0 Å². The summed E-state index contributed by atoms with van der Waals surface area (Å²) in [6, 6.07) is 2.92. The zero-order valence-corrected chi connectivity index (χ0v) is 9.89. The summed E-state index contributed by atoms with van der Waals surface area (Å²) in [4.78, 5) is 11.6. The van der Waals surface area contributed by atoms with Crippen LogP contribution in [0.4, 0.5) is 5.69 Å². The molecule has 0 saturated carbocycles. The van der Waals surface area contributed by atoms with Crippen LogP contribution < -0.4 is 5.73 Å². The molecule has 0 radical (unpaired) electrons. The Bertz CT molecular complexity index is 391. The number of carbonyl (C=O) groups excluding carboxylic acids is 1. The van der Waals surface area contributed by atoms with E-state index in [0.717, 1.165) is 0 Å². The maximum absolute atomic E-state index is 11.6. The molecule has 0 bridgehead atoms. The van der Waals surface area contributed by atoms with Gasteiger partial charge in [-0.15, -0.1) is 0 Å². The van der Waals surface area contributed by atoms with E-state index in [4.69, 9.17) is 33.7 Å². The largest absolute Gasteiger partial charge is 0.459 e. The second kappa shape index (κ2) is 4.73. The van der Waals surface area contributed by atoms with E-state index in [9.17, 15) is 4.79 Å². The number of halogens is 2. The van der Waals surface area contributed by atoms with Gasteiger partial charge in [-0.05, 0) is 26.0 Å². The van der Waals surface area contributed by atoms with Crippen LogP contribution in [-0.4, -0.2) is 12.1 Å². The molecule has 0 unspecified atom stereocenters. The standard InChI is InChI=1S/C10H11Cl2NO2/c1-5(2)15-10(14)7-3-6(11)4-8(13)9(7)12/h3-5H,13H2,1-2H3. The van der Waals surface area contributed by atoms with Gasteiger partial charge in [0, 0.05) is 5.02 Å². The smallest absolute Gasteiger partial charge is 0.340 e. The zero-order chi connectivity index (χ0) is 11.6. The summed E-state index contributed by atoms with van der Waals surface area (Å²) in [5.41, 5.74) is 6.02. The van der Waals surface area contributed by atoms with E-state index in [1.54, 1.807) is 13.8 Å². The van der Waals surface area contributed by atoms with E-state index in [1.165, 1.54) is 12.1 Å². The Kier molecular flexibility index (Phi) is 3.83. The summed E-state index contributed by atoms with van der Waals surface area (Å²) in [6.45, 7) is 3.50. The molecular formula is C10H11Cl2NO2. The van der Waals surface area contributed by atoms with Crippen LogP contribution >= 0.6 is 23.2 Å². The number of nitrogens with two attached hydrogens (primary N) is 1. The number of esters is 1. The Morgan fingerprint density at radius 1 is 1.40 bits per heavy atom. The minimum absolute atomic E-state index is 0.171. The van der Waals surface area contributed by atoms with Crippen molar-refractivity contribution in [2.75, 3.05) is 5.73 Å². The Balaban J connectivity index is 3.08. The van der Waals surface area contributed by atoms with Crippen molar-refractivity contribution >= 4 is 34.9 Å². The molecule has 0 amide bonds. The van der Waals surface area contributed by atoms with Gasteiger partial charge < -0.3 is 10.5 Å². The number of carbonyl (C=O) groups is 1. The first-order valence-corrected chi connectivity index (χ1v) is 5.13. The predicted octanol–water partition coefficient (Wildman–Crippen LogP) is 3.14. The molecule has 0 fully saturated rings. The average Bonchev–Trinajstić information content (AvgIpc) is 2.09. The summed E-state index contributed by atoms with van der Waals surface area (Å²) in [5.74, 6) is -0.524. The van der Waals surface area contributed by atoms with Crippen LogP contribution in [0.3, 0.4) is 0 Å². The monoisotopic (exact) mass is 247 g/mol. The van der Waals surface area contributed by atoms with Crippen LogP contribution in [0, 0.1) is 0 Å². The second-order valence-corrected chi connectivity index (χ2v) is 4.13. The topological polar surface area (TPSA) is 52.3 Å². The third-order valence-corrected chi connectivity index (χ3v) is 2.27. The fourth-order valence-corrected chi connectivity index (χ4v) is 1.45. The molecule has 2 N–H and O–H groups in total. The molecular weight excluding hydrogens is 237 g/mol. The fraction of sp³-hybridized carbons (Fsp3) is 0.300. The van der Waals surface area contributed by atoms with Crippen LogP contribution in [0.5, 0.6) is 0 Å². The normalized spacial score (nSPS) is 10.5. The number of hydrogen-bond acceptors (Lipinski definition) is 3. The van der Waals surface area contributed by atoms with E-state index in [-0.39, 0.29) is 22.4 Å². The van der Waals surface area contributed by atoms with Gasteiger partial charge in [-0.2, -0.15) is 0 Å². The van der Waals surface area contributed by atoms with E-state index in [1.807, 2.05) is 0 Å². The number of hydrogen-bond donors (Lipinski definition) is 1. The van der Waals surface area contributed by atoms with Gasteiger partial charge in [-0.3, -0.25) is 0 Å². The molecule has 5 heteroatoms. The van der Waals surface area contributed by atoms with Crippen LogP contribution in [0.15, 0.2) is 12.1 Å². The molecule has 82 valence electrons. The molecule has 0 saturated heterocycles. The first-order chi connectivity index (χ1) is 6.91. The summed E-state index contributed by atoms with van der Waals surface area (Å²) in [5, 5.41) is 0.526. The van der Waals surface area contributed by atoms with Gasteiger partial charge in [0.25, 0.3) is 0 Å². The summed E-state index contributed by atoms with van der Waals surface area (Å²) >= 11 is 11.6. The molecule has 0 aliphatic heterocycles. The van der Waals surface area contributed by atoms with E-state index in [0.29, 0.717) is 5.02 Å². The Labute approximate surface area is 98.1 Å². The quantitative estimate of drug-likeness (QED) is 0.646. The molecule has 0 heterocycles. The van der Waals surface area contributed by atoms with Gasteiger partial charge in [0.1, 0.15) is 0 Å². The third-order valence-electron chi connectivity index (χ3n) is 1.63. The lowest BCUT2D eigenvalue weighted by atomic mass is 10.2. The van der Waals surface area contributed by atoms with Crippen LogP contribution in [0.1, 0.15) is 24.2 Å². The highest BCUT2D eigenvalue weighted by Crippen LogP contribution is 2.28. The molecule has 0 atom stereocenters. The van der Waals surface area contributed by atoms with Crippen molar-refractivity contribution in [3.8, 4) is 0 Å². The molecule has 1 aromatic carbocycles. The highest BCUT2D eigenvalue weighted by atomic mass is 35.5. The van der Waals surface area contributed by atoms with Crippen LogP contribution in [-0.2, 0) is 4.74 Å². The summed E-state index contributed by atoms with van der Waals surface area (Å²) < 4.78 is 4.99. The molecule has 0 aliphatic rings. The van der Waals surface area contributed by atoms with E-state index < -0.39 is 5.97 Å². The lowest BCUT2D eigenvalue weighted by Crippen LogP contribution is -2.12. The van der Waals surface area contributed by atoms with Crippen molar-refractivity contribution < 1.29 is 9.53 Å². The number of rotatable bonds is 2.